The molecule has 0 radical (unpaired) electrons. The number of aromatic nitrogens is 2. The molecule has 0 amide bonds. The first-order valence-electron chi connectivity index (χ1n) is 4.76. The van der Waals surface area contributed by atoms with Gasteiger partial charge in [-0.15, -0.1) is 0 Å². The molecule has 2 rings (SSSR count). The summed E-state index contributed by atoms with van der Waals surface area (Å²) < 4.78 is 14.5. The number of rotatable bonds is 3. The van der Waals surface area contributed by atoms with Crippen molar-refractivity contribution < 1.29 is 14.3 Å². The fraction of sp³-hybridized carbons (Fsp3) is 0.0909. The molecule has 88 valence electrons. The number of halogens is 2. The molecule has 1 N–H and O–H groups in total. The highest BCUT2D eigenvalue weighted by atomic mass is 35.5. The molecular formula is C11H8ClFN2O2. The highest BCUT2D eigenvalue weighted by Gasteiger charge is 2.11. The lowest BCUT2D eigenvalue weighted by Crippen LogP contribution is -2.08. The fourth-order valence-electron chi connectivity index (χ4n) is 1.50. The van der Waals surface area contributed by atoms with Crippen LogP contribution in [0.25, 0.3) is 0 Å². The molecule has 1 aromatic heterocycles. The van der Waals surface area contributed by atoms with Crippen LogP contribution in [0.3, 0.4) is 0 Å². The summed E-state index contributed by atoms with van der Waals surface area (Å²) in [5, 5.41) is 13.3. The Balaban J connectivity index is 2.37. The minimum atomic E-state index is -1.10. The highest BCUT2D eigenvalue weighted by molar-refractivity contribution is 6.30. The molecule has 0 bridgehead atoms. The third kappa shape index (κ3) is 2.62. The topological polar surface area (TPSA) is 55.1 Å². The van der Waals surface area contributed by atoms with Crippen LogP contribution in [0, 0.1) is 5.82 Å². The standard InChI is InChI=1S/C11H8ClFN2O2/c12-8-4-14-15(6-8)5-7-3-9(13)1-2-10(7)11(16)17/h1-4,6H,5H2,(H,16,17). The zero-order valence-corrected chi connectivity index (χ0v) is 9.36. The number of benzene rings is 1. The van der Waals surface area contributed by atoms with Gasteiger partial charge < -0.3 is 5.11 Å². The van der Waals surface area contributed by atoms with Crippen LogP contribution in [0.4, 0.5) is 4.39 Å². The van der Waals surface area contributed by atoms with E-state index >= 15 is 0 Å². The summed E-state index contributed by atoms with van der Waals surface area (Å²) in [6.07, 6.45) is 2.97. The van der Waals surface area contributed by atoms with E-state index < -0.39 is 11.8 Å². The van der Waals surface area contributed by atoms with Crippen LogP contribution >= 0.6 is 11.6 Å². The second kappa shape index (κ2) is 4.55. The van der Waals surface area contributed by atoms with Gasteiger partial charge in [0.05, 0.1) is 23.3 Å². The summed E-state index contributed by atoms with van der Waals surface area (Å²) in [6, 6.07) is 3.53. The van der Waals surface area contributed by atoms with E-state index in [1.54, 1.807) is 0 Å². The van der Waals surface area contributed by atoms with E-state index in [2.05, 4.69) is 5.10 Å². The Kier molecular flexibility index (Phi) is 3.10. The van der Waals surface area contributed by atoms with Gasteiger partial charge >= 0.3 is 5.97 Å². The van der Waals surface area contributed by atoms with Gasteiger partial charge in [0, 0.05) is 6.20 Å². The molecule has 0 fully saturated rings. The van der Waals surface area contributed by atoms with Gasteiger partial charge in [0.25, 0.3) is 0 Å². The number of nitrogens with zero attached hydrogens (tertiary/aromatic N) is 2. The van der Waals surface area contributed by atoms with Gasteiger partial charge in [0.1, 0.15) is 5.82 Å². The second-order valence-corrected chi connectivity index (χ2v) is 3.90. The van der Waals surface area contributed by atoms with Gasteiger partial charge in [-0.2, -0.15) is 5.10 Å². The predicted molar refractivity (Wildman–Crippen MR) is 59.7 cm³/mol. The molecule has 1 heterocycles. The molecule has 0 aliphatic heterocycles. The van der Waals surface area contributed by atoms with Gasteiger partial charge in [-0.3, -0.25) is 4.68 Å². The van der Waals surface area contributed by atoms with Gasteiger partial charge in [-0.1, -0.05) is 11.6 Å². The SMILES string of the molecule is O=C(O)c1ccc(F)cc1Cn1cc(Cl)cn1. The van der Waals surface area contributed by atoms with Crippen molar-refractivity contribution in [3.63, 3.8) is 0 Å². The minimum absolute atomic E-state index is 0.0537. The van der Waals surface area contributed by atoms with E-state index in [1.165, 1.54) is 29.2 Å². The molecule has 0 aliphatic carbocycles. The van der Waals surface area contributed by atoms with Crippen LogP contribution in [-0.2, 0) is 6.54 Å². The molecule has 1 aromatic carbocycles. The maximum Gasteiger partial charge on any atom is 0.336 e. The first-order valence-corrected chi connectivity index (χ1v) is 5.14. The van der Waals surface area contributed by atoms with Crippen molar-refractivity contribution in [3.05, 3.63) is 52.6 Å². The Morgan fingerprint density at radius 3 is 2.88 bits per heavy atom. The number of carbonyl (C=O) groups is 1. The summed E-state index contributed by atoms with van der Waals surface area (Å²) >= 11 is 5.69. The van der Waals surface area contributed by atoms with Crippen molar-refractivity contribution in [3.8, 4) is 0 Å². The van der Waals surface area contributed by atoms with E-state index in [-0.39, 0.29) is 12.1 Å². The van der Waals surface area contributed by atoms with Crippen molar-refractivity contribution in [1.29, 1.82) is 0 Å². The molecule has 0 unspecified atom stereocenters. The molecule has 4 nitrogen and oxygen atoms in total. The number of aromatic carboxylic acids is 1. The lowest BCUT2D eigenvalue weighted by Gasteiger charge is -2.06. The Hall–Kier alpha value is -1.88. The Bertz CT molecular complexity index is 568. The monoisotopic (exact) mass is 254 g/mol. The number of hydrogen-bond donors (Lipinski definition) is 1. The first kappa shape index (κ1) is 11.6. The van der Waals surface area contributed by atoms with Crippen molar-refractivity contribution in [1.82, 2.24) is 9.78 Å². The van der Waals surface area contributed by atoms with E-state index in [0.717, 1.165) is 6.07 Å². The number of carboxylic acids is 1. The Labute approximate surface area is 101 Å². The zero-order chi connectivity index (χ0) is 12.4. The van der Waals surface area contributed by atoms with Crippen molar-refractivity contribution >= 4 is 17.6 Å². The van der Waals surface area contributed by atoms with Crippen LogP contribution in [0.1, 0.15) is 15.9 Å². The summed E-state index contributed by atoms with van der Waals surface area (Å²) in [6.45, 7) is 0.159. The quantitative estimate of drug-likeness (QED) is 0.915. The molecule has 2 aromatic rings. The van der Waals surface area contributed by atoms with E-state index in [9.17, 15) is 9.18 Å². The minimum Gasteiger partial charge on any atom is -0.478 e. The lowest BCUT2D eigenvalue weighted by molar-refractivity contribution is 0.0695. The average Bonchev–Trinajstić information content (AvgIpc) is 2.63. The smallest absolute Gasteiger partial charge is 0.336 e. The van der Waals surface area contributed by atoms with Gasteiger partial charge in [-0.25, -0.2) is 9.18 Å². The molecular weight excluding hydrogens is 247 g/mol. The largest absolute Gasteiger partial charge is 0.478 e. The molecule has 0 aliphatic rings. The molecule has 6 heteroatoms. The predicted octanol–water partition coefficient (Wildman–Crippen LogP) is 2.42. The van der Waals surface area contributed by atoms with Crippen molar-refractivity contribution in [2.45, 2.75) is 6.54 Å². The molecule has 0 atom stereocenters. The Morgan fingerprint density at radius 2 is 2.29 bits per heavy atom. The summed E-state index contributed by atoms with van der Waals surface area (Å²) in [5.41, 5.74) is 0.398. The van der Waals surface area contributed by atoms with Gasteiger partial charge in [-0.05, 0) is 23.8 Å². The van der Waals surface area contributed by atoms with Crippen LogP contribution in [0.15, 0.2) is 30.6 Å². The number of carboxylic acid groups (broad SMARTS) is 1. The molecule has 0 saturated heterocycles. The van der Waals surface area contributed by atoms with E-state index in [0.29, 0.717) is 10.6 Å². The molecule has 0 spiro atoms. The Morgan fingerprint density at radius 1 is 1.53 bits per heavy atom. The normalized spacial score (nSPS) is 10.5. The second-order valence-electron chi connectivity index (χ2n) is 3.46. The van der Waals surface area contributed by atoms with Crippen LogP contribution in [0.2, 0.25) is 5.02 Å². The van der Waals surface area contributed by atoms with E-state index in [1.807, 2.05) is 0 Å². The first-order chi connectivity index (χ1) is 8.06. The van der Waals surface area contributed by atoms with Crippen LogP contribution < -0.4 is 0 Å². The highest BCUT2D eigenvalue weighted by Crippen LogP contribution is 2.14. The lowest BCUT2D eigenvalue weighted by atomic mass is 10.1. The van der Waals surface area contributed by atoms with Gasteiger partial charge in [0.15, 0.2) is 0 Å². The third-order valence-electron chi connectivity index (χ3n) is 2.23. The van der Waals surface area contributed by atoms with Crippen molar-refractivity contribution in [2.24, 2.45) is 0 Å². The molecule has 0 saturated carbocycles. The van der Waals surface area contributed by atoms with Crippen molar-refractivity contribution in [2.75, 3.05) is 0 Å². The summed E-state index contributed by atoms with van der Waals surface area (Å²) in [5.74, 6) is -1.58. The average molecular weight is 255 g/mol. The maximum absolute atomic E-state index is 13.1. The maximum atomic E-state index is 13.1. The summed E-state index contributed by atoms with van der Waals surface area (Å²) in [7, 11) is 0. The van der Waals surface area contributed by atoms with E-state index in [4.69, 9.17) is 16.7 Å². The third-order valence-corrected chi connectivity index (χ3v) is 2.43. The molecule has 17 heavy (non-hydrogen) atoms. The summed E-state index contributed by atoms with van der Waals surface area (Å²) in [4.78, 5) is 11.0. The van der Waals surface area contributed by atoms with Crippen LogP contribution in [0.5, 0.6) is 0 Å². The van der Waals surface area contributed by atoms with Gasteiger partial charge in [0.2, 0.25) is 0 Å². The fourth-order valence-corrected chi connectivity index (χ4v) is 1.66. The number of hydrogen-bond acceptors (Lipinski definition) is 2. The van der Waals surface area contributed by atoms with Crippen LogP contribution in [-0.4, -0.2) is 20.9 Å². The zero-order valence-electron chi connectivity index (χ0n) is 8.60.